The largest absolute Gasteiger partial charge is 0.481 e. The lowest BCUT2D eigenvalue weighted by molar-refractivity contribution is -0.157. The first-order valence-corrected chi connectivity index (χ1v) is 10.0. The van der Waals surface area contributed by atoms with Crippen LogP contribution in [-0.4, -0.2) is 31.3 Å². The van der Waals surface area contributed by atoms with Crippen molar-refractivity contribution < 1.29 is 23.8 Å². The Labute approximate surface area is 182 Å². The van der Waals surface area contributed by atoms with E-state index in [4.69, 9.17) is 14.2 Å². The first-order valence-electron chi connectivity index (χ1n) is 10.0. The Morgan fingerprint density at radius 2 is 1.29 bits per heavy atom. The van der Waals surface area contributed by atoms with E-state index >= 15 is 0 Å². The Bertz CT molecular complexity index is 990. The number of carbonyl (C=O) groups excluding carboxylic acids is 2. The highest BCUT2D eigenvalue weighted by Crippen LogP contribution is 2.40. The topological polar surface area (TPSA) is 61.8 Å². The molecule has 0 saturated carbocycles. The van der Waals surface area contributed by atoms with E-state index in [2.05, 4.69) is 0 Å². The van der Waals surface area contributed by atoms with Crippen molar-refractivity contribution in [1.82, 2.24) is 0 Å². The van der Waals surface area contributed by atoms with Gasteiger partial charge in [0.2, 0.25) is 0 Å². The van der Waals surface area contributed by atoms with Crippen LogP contribution < -0.4 is 4.74 Å². The van der Waals surface area contributed by atoms with Gasteiger partial charge < -0.3 is 14.2 Å². The van der Waals surface area contributed by atoms with Crippen molar-refractivity contribution in [3.05, 3.63) is 78.4 Å². The van der Waals surface area contributed by atoms with E-state index in [9.17, 15) is 9.59 Å². The van der Waals surface area contributed by atoms with Crippen molar-refractivity contribution in [2.45, 2.75) is 26.4 Å². The summed E-state index contributed by atoms with van der Waals surface area (Å²) < 4.78 is 16.4. The average molecular weight is 418 g/mol. The minimum atomic E-state index is -0.611. The molecule has 0 aliphatic heterocycles. The van der Waals surface area contributed by atoms with Gasteiger partial charge in [-0.2, -0.15) is 0 Å². The Morgan fingerprint density at radius 1 is 0.806 bits per heavy atom. The van der Waals surface area contributed by atoms with Gasteiger partial charge in [-0.3, -0.25) is 0 Å². The highest BCUT2D eigenvalue weighted by molar-refractivity contribution is 5.96. The Morgan fingerprint density at radius 3 is 1.71 bits per heavy atom. The molecule has 5 nitrogen and oxygen atoms in total. The third-order valence-corrected chi connectivity index (χ3v) is 4.43. The molecule has 3 aromatic rings. The molecular weight excluding hydrogens is 392 g/mol. The molecule has 0 aromatic heterocycles. The van der Waals surface area contributed by atoms with E-state index in [0.29, 0.717) is 22.4 Å². The predicted molar refractivity (Wildman–Crippen MR) is 120 cm³/mol. The maximum Gasteiger partial charge on any atom is 0.344 e. The van der Waals surface area contributed by atoms with Crippen LogP contribution >= 0.6 is 0 Å². The quantitative estimate of drug-likeness (QED) is 0.493. The lowest BCUT2D eigenvalue weighted by atomic mass is 9.94. The molecule has 0 saturated heterocycles. The summed E-state index contributed by atoms with van der Waals surface area (Å²) >= 11 is 0. The molecule has 0 spiro atoms. The van der Waals surface area contributed by atoms with Crippen molar-refractivity contribution in [3.63, 3.8) is 0 Å². The minimum Gasteiger partial charge on any atom is -0.481 e. The zero-order valence-corrected chi connectivity index (χ0v) is 18.2. The molecule has 3 aromatic carbocycles. The predicted octanol–water partition coefficient (Wildman–Crippen LogP) is 5.53. The Balaban J connectivity index is 2.15. The molecule has 0 fully saturated rings. The second-order valence-electron chi connectivity index (χ2n) is 8.00. The summed E-state index contributed by atoms with van der Waals surface area (Å²) in [5, 5.41) is 0. The SMILES string of the molecule is COC(=O)c1cc(-c2ccccc2)c(OCC(=O)OC(C)(C)C)c(-c2ccccc2)c1. The van der Waals surface area contributed by atoms with Crippen LogP contribution in [0.5, 0.6) is 5.75 Å². The van der Waals surface area contributed by atoms with Crippen molar-refractivity contribution in [2.75, 3.05) is 13.7 Å². The molecule has 3 rings (SSSR count). The molecule has 0 unspecified atom stereocenters. The van der Waals surface area contributed by atoms with Gasteiger partial charge in [0.1, 0.15) is 11.4 Å². The molecule has 0 aliphatic rings. The molecule has 160 valence electrons. The second kappa shape index (κ2) is 9.47. The highest BCUT2D eigenvalue weighted by atomic mass is 16.6. The van der Waals surface area contributed by atoms with Crippen LogP contribution in [0.4, 0.5) is 0 Å². The van der Waals surface area contributed by atoms with Gasteiger partial charge in [0, 0.05) is 11.1 Å². The second-order valence-corrected chi connectivity index (χ2v) is 8.00. The summed E-state index contributed by atoms with van der Waals surface area (Å²) in [6.45, 7) is 5.16. The summed E-state index contributed by atoms with van der Waals surface area (Å²) in [6.07, 6.45) is 0. The van der Waals surface area contributed by atoms with Crippen LogP contribution in [0.3, 0.4) is 0 Å². The lowest BCUT2D eigenvalue weighted by Crippen LogP contribution is -2.27. The first kappa shape index (κ1) is 22.1. The summed E-state index contributed by atoms with van der Waals surface area (Å²) in [7, 11) is 1.35. The molecule has 5 heteroatoms. The number of esters is 2. The van der Waals surface area contributed by atoms with Crippen molar-refractivity contribution in [1.29, 1.82) is 0 Å². The fourth-order valence-corrected chi connectivity index (χ4v) is 3.19. The number of hydrogen-bond donors (Lipinski definition) is 0. The molecule has 0 heterocycles. The maximum atomic E-state index is 12.4. The van der Waals surface area contributed by atoms with Crippen LogP contribution in [0, 0.1) is 0 Å². The normalized spacial score (nSPS) is 11.0. The van der Waals surface area contributed by atoms with Crippen LogP contribution in [-0.2, 0) is 14.3 Å². The molecule has 0 amide bonds. The van der Waals surface area contributed by atoms with E-state index in [-0.39, 0.29) is 6.61 Å². The van der Waals surface area contributed by atoms with Gasteiger partial charge in [-0.05, 0) is 44.0 Å². The summed E-state index contributed by atoms with van der Waals surface area (Å²) in [4.78, 5) is 24.7. The van der Waals surface area contributed by atoms with Gasteiger partial charge in [-0.1, -0.05) is 60.7 Å². The lowest BCUT2D eigenvalue weighted by Gasteiger charge is -2.21. The van der Waals surface area contributed by atoms with Gasteiger partial charge in [-0.25, -0.2) is 9.59 Å². The van der Waals surface area contributed by atoms with Crippen molar-refractivity contribution in [3.8, 4) is 28.0 Å². The standard InChI is InChI=1S/C26H26O5/c1-26(2,3)31-23(27)17-30-24-21(18-11-7-5-8-12-18)15-20(25(28)29-4)16-22(24)19-13-9-6-10-14-19/h5-16H,17H2,1-4H3. The minimum absolute atomic E-state index is 0.255. The summed E-state index contributed by atoms with van der Waals surface area (Å²) in [6, 6.07) is 22.6. The van der Waals surface area contributed by atoms with Gasteiger partial charge in [-0.15, -0.1) is 0 Å². The smallest absolute Gasteiger partial charge is 0.344 e. The first-order chi connectivity index (χ1) is 14.8. The van der Waals surface area contributed by atoms with Crippen LogP contribution in [0.25, 0.3) is 22.3 Å². The Kier molecular flexibility index (Phi) is 6.75. The third kappa shape index (κ3) is 5.72. The van der Waals surface area contributed by atoms with E-state index in [1.54, 1.807) is 32.9 Å². The van der Waals surface area contributed by atoms with Crippen molar-refractivity contribution >= 4 is 11.9 Å². The molecule has 0 atom stereocenters. The fraction of sp³-hybridized carbons (Fsp3) is 0.231. The zero-order chi connectivity index (χ0) is 22.4. The van der Waals surface area contributed by atoms with Gasteiger partial charge in [0.15, 0.2) is 6.61 Å². The number of hydrogen-bond acceptors (Lipinski definition) is 5. The van der Waals surface area contributed by atoms with Crippen molar-refractivity contribution in [2.24, 2.45) is 0 Å². The Hall–Kier alpha value is -3.60. The molecule has 0 radical (unpaired) electrons. The number of ether oxygens (including phenoxy) is 3. The van der Waals surface area contributed by atoms with E-state index < -0.39 is 17.5 Å². The summed E-state index contributed by atoms with van der Waals surface area (Å²) in [5.41, 5.74) is 2.86. The zero-order valence-electron chi connectivity index (χ0n) is 18.2. The molecule has 0 N–H and O–H groups in total. The number of benzene rings is 3. The number of methoxy groups -OCH3 is 1. The molecule has 0 aliphatic carbocycles. The van der Waals surface area contributed by atoms with E-state index in [1.165, 1.54) is 7.11 Å². The van der Waals surface area contributed by atoms with Crippen LogP contribution in [0.15, 0.2) is 72.8 Å². The van der Waals surface area contributed by atoms with E-state index in [0.717, 1.165) is 11.1 Å². The van der Waals surface area contributed by atoms with Gasteiger partial charge in [0.05, 0.1) is 12.7 Å². The monoisotopic (exact) mass is 418 g/mol. The molecular formula is C26H26O5. The number of rotatable bonds is 6. The fourth-order valence-electron chi connectivity index (χ4n) is 3.19. The highest BCUT2D eigenvalue weighted by Gasteiger charge is 2.22. The van der Waals surface area contributed by atoms with Gasteiger partial charge in [0.25, 0.3) is 0 Å². The maximum absolute atomic E-state index is 12.4. The van der Waals surface area contributed by atoms with Gasteiger partial charge >= 0.3 is 11.9 Å². The third-order valence-electron chi connectivity index (χ3n) is 4.43. The van der Waals surface area contributed by atoms with Crippen LogP contribution in [0.2, 0.25) is 0 Å². The van der Waals surface area contributed by atoms with Crippen LogP contribution in [0.1, 0.15) is 31.1 Å². The average Bonchev–Trinajstić information content (AvgIpc) is 2.76. The molecule has 31 heavy (non-hydrogen) atoms. The van der Waals surface area contributed by atoms with E-state index in [1.807, 2.05) is 60.7 Å². The molecule has 0 bridgehead atoms. The number of carbonyl (C=O) groups is 2. The summed E-state index contributed by atoms with van der Waals surface area (Å²) in [5.74, 6) is -0.425.